The van der Waals surface area contributed by atoms with Crippen molar-refractivity contribution < 1.29 is 14.4 Å². The summed E-state index contributed by atoms with van der Waals surface area (Å²) < 4.78 is 0. The summed E-state index contributed by atoms with van der Waals surface area (Å²) in [6.07, 6.45) is 4.80. The molecule has 212 valence electrons. The molecule has 1 fully saturated rings. The van der Waals surface area contributed by atoms with Gasteiger partial charge in [0.2, 0.25) is 17.7 Å². The summed E-state index contributed by atoms with van der Waals surface area (Å²) in [4.78, 5) is 44.0. The summed E-state index contributed by atoms with van der Waals surface area (Å²) in [5.74, 6) is -0.357. The predicted molar refractivity (Wildman–Crippen MR) is 154 cm³/mol. The van der Waals surface area contributed by atoms with E-state index in [9.17, 15) is 14.4 Å². The van der Waals surface area contributed by atoms with Crippen LogP contribution in [0.1, 0.15) is 86.3 Å². The highest BCUT2D eigenvalue weighted by atomic mass is 16.2. The maximum absolute atomic E-state index is 13.7. The molecule has 38 heavy (non-hydrogen) atoms. The lowest BCUT2D eigenvalue weighted by Crippen LogP contribution is -2.58. The number of benzene rings is 1. The Kier molecular flexibility index (Phi) is 12.0. The second-order valence-electron chi connectivity index (χ2n) is 11.7. The molecule has 2 N–H and O–H groups in total. The van der Waals surface area contributed by atoms with Crippen molar-refractivity contribution in [3.63, 3.8) is 0 Å². The third kappa shape index (κ3) is 8.42. The van der Waals surface area contributed by atoms with E-state index in [0.29, 0.717) is 5.57 Å². The van der Waals surface area contributed by atoms with Gasteiger partial charge in [-0.3, -0.25) is 19.3 Å². The van der Waals surface area contributed by atoms with Crippen LogP contribution in [0.4, 0.5) is 0 Å². The van der Waals surface area contributed by atoms with E-state index in [2.05, 4.69) is 29.4 Å². The van der Waals surface area contributed by atoms with Crippen molar-refractivity contribution in [2.45, 2.75) is 105 Å². The molecule has 2 unspecified atom stereocenters. The van der Waals surface area contributed by atoms with Gasteiger partial charge in [0, 0.05) is 18.7 Å². The molecule has 0 radical (unpaired) electrons. The normalized spacial score (nSPS) is 19.3. The van der Waals surface area contributed by atoms with Crippen LogP contribution in [0.3, 0.4) is 0 Å². The van der Waals surface area contributed by atoms with E-state index in [4.69, 9.17) is 0 Å². The molecule has 1 saturated heterocycles. The minimum atomic E-state index is -0.634. The van der Waals surface area contributed by atoms with E-state index < -0.39 is 6.04 Å². The summed E-state index contributed by atoms with van der Waals surface area (Å²) in [6, 6.07) is 8.84. The van der Waals surface area contributed by atoms with Gasteiger partial charge >= 0.3 is 0 Å². The van der Waals surface area contributed by atoms with Crippen molar-refractivity contribution in [1.29, 1.82) is 0 Å². The smallest absolute Gasteiger partial charge is 0.247 e. The fourth-order valence-corrected chi connectivity index (χ4v) is 5.20. The van der Waals surface area contributed by atoms with Crippen LogP contribution in [0, 0.1) is 11.8 Å². The van der Waals surface area contributed by atoms with Gasteiger partial charge in [-0.25, -0.2) is 0 Å². The molecule has 7 nitrogen and oxygen atoms in total. The summed E-state index contributed by atoms with van der Waals surface area (Å²) in [7, 11) is 1.77. The Hall–Kier alpha value is -2.67. The maximum atomic E-state index is 13.7. The minimum Gasteiger partial charge on any atom is -0.346 e. The third-order valence-corrected chi connectivity index (χ3v) is 7.64. The standard InChI is InChI=1S/C31H50N4O3/c1-20(2)27(19-23(7)29(36)32-24(8)25-15-11-10-12-16-25)34(9)31(38)28(21(3)4)33-30(37)26-17-13-14-18-35(26)22(5)6/h10-12,15-16,19-22,24,26-28H,13-14,17-18H2,1-9H3,(H,32,36)(H,33,37)/b23-19+/t24?,26?,27-,28+/m1/s1. The second kappa shape index (κ2) is 14.5. The van der Waals surface area contributed by atoms with Crippen LogP contribution < -0.4 is 10.6 Å². The van der Waals surface area contributed by atoms with Crippen LogP contribution in [0.5, 0.6) is 0 Å². The highest BCUT2D eigenvalue weighted by molar-refractivity contribution is 5.93. The van der Waals surface area contributed by atoms with Gasteiger partial charge in [-0.1, -0.05) is 70.5 Å². The molecule has 0 saturated carbocycles. The average Bonchev–Trinajstić information content (AvgIpc) is 2.89. The van der Waals surface area contributed by atoms with E-state index in [-0.39, 0.29) is 53.7 Å². The summed E-state index contributed by atoms with van der Waals surface area (Å²) >= 11 is 0. The number of likely N-dealkylation sites (tertiary alicyclic amines) is 1. The molecule has 0 aliphatic carbocycles. The first-order valence-electron chi connectivity index (χ1n) is 14.2. The van der Waals surface area contributed by atoms with Gasteiger partial charge in [-0.05, 0) is 64.5 Å². The Morgan fingerprint density at radius 3 is 2.13 bits per heavy atom. The van der Waals surface area contributed by atoms with E-state index in [0.717, 1.165) is 31.4 Å². The number of nitrogens with one attached hydrogen (secondary N) is 2. The molecule has 1 aromatic rings. The topological polar surface area (TPSA) is 81.8 Å². The van der Waals surface area contributed by atoms with Crippen molar-refractivity contribution in [2.24, 2.45) is 11.8 Å². The lowest BCUT2D eigenvalue weighted by molar-refractivity contribution is -0.140. The molecule has 1 heterocycles. The van der Waals surface area contributed by atoms with Crippen molar-refractivity contribution >= 4 is 17.7 Å². The molecule has 7 heteroatoms. The van der Waals surface area contributed by atoms with Gasteiger partial charge in [0.05, 0.1) is 18.1 Å². The van der Waals surface area contributed by atoms with Gasteiger partial charge in [-0.15, -0.1) is 0 Å². The van der Waals surface area contributed by atoms with Crippen LogP contribution in [0.2, 0.25) is 0 Å². The van der Waals surface area contributed by atoms with Crippen molar-refractivity contribution in [1.82, 2.24) is 20.4 Å². The van der Waals surface area contributed by atoms with Crippen LogP contribution in [-0.4, -0.2) is 65.3 Å². The van der Waals surface area contributed by atoms with E-state index in [1.165, 1.54) is 0 Å². The Bertz CT molecular complexity index is 957. The number of hydrogen-bond acceptors (Lipinski definition) is 4. The summed E-state index contributed by atoms with van der Waals surface area (Å²) in [5.41, 5.74) is 1.59. The molecule has 0 aromatic heterocycles. The second-order valence-corrected chi connectivity index (χ2v) is 11.7. The van der Waals surface area contributed by atoms with E-state index in [1.807, 2.05) is 71.0 Å². The number of rotatable bonds is 11. The maximum Gasteiger partial charge on any atom is 0.247 e. The van der Waals surface area contributed by atoms with Gasteiger partial charge in [0.25, 0.3) is 0 Å². The van der Waals surface area contributed by atoms with E-state index in [1.54, 1.807) is 18.9 Å². The molecule has 4 atom stereocenters. The van der Waals surface area contributed by atoms with Gasteiger partial charge in [0.1, 0.15) is 6.04 Å². The Balaban J connectivity index is 2.16. The number of carbonyl (C=O) groups is 3. The zero-order chi connectivity index (χ0) is 28.6. The zero-order valence-electron chi connectivity index (χ0n) is 25.0. The first-order valence-corrected chi connectivity index (χ1v) is 14.2. The Morgan fingerprint density at radius 2 is 1.58 bits per heavy atom. The number of amides is 3. The molecule has 1 aliphatic heterocycles. The minimum absolute atomic E-state index is 0.0686. The lowest BCUT2D eigenvalue weighted by atomic mass is 9.95. The van der Waals surface area contributed by atoms with Crippen LogP contribution in [0.15, 0.2) is 42.0 Å². The third-order valence-electron chi connectivity index (χ3n) is 7.64. The van der Waals surface area contributed by atoms with Crippen molar-refractivity contribution in [3.05, 3.63) is 47.5 Å². The fourth-order valence-electron chi connectivity index (χ4n) is 5.20. The van der Waals surface area contributed by atoms with Gasteiger partial charge < -0.3 is 15.5 Å². The molecule has 0 bridgehead atoms. The summed E-state index contributed by atoms with van der Waals surface area (Å²) in [5, 5.41) is 6.15. The number of carbonyl (C=O) groups excluding carboxylic acids is 3. The highest BCUT2D eigenvalue weighted by Crippen LogP contribution is 2.22. The van der Waals surface area contributed by atoms with E-state index >= 15 is 0 Å². The molecule has 3 amide bonds. The first-order chi connectivity index (χ1) is 17.8. The fraction of sp³-hybridized carbons (Fsp3) is 0.645. The molecule has 0 spiro atoms. The average molecular weight is 527 g/mol. The van der Waals surface area contributed by atoms with Crippen LogP contribution in [0.25, 0.3) is 0 Å². The Morgan fingerprint density at radius 1 is 0.947 bits per heavy atom. The van der Waals surface area contributed by atoms with Crippen LogP contribution >= 0.6 is 0 Å². The molecular formula is C31H50N4O3. The van der Waals surface area contributed by atoms with Crippen LogP contribution in [-0.2, 0) is 14.4 Å². The molecular weight excluding hydrogens is 476 g/mol. The Labute approximate surface area is 230 Å². The highest BCUT2D eigenvalue weighted by Gasteiger charge is 2.36. The molecule has 1 aliphatic rings. The molecule has 1 aromatic carbocycles. The van der Waals surface area contributed by atoms with Crippen molar-refractivity contribution in [2.75, 3.05) is 13.6 Å². The van der Waals surface area contributed by atoms with Gasteiger partial charge in [-0.2, -0.15) is 0 Å². The first kappa shape index (κ1) is 31.5. The van der Waals surface area contributed by atoms with Gasteiger partial charge in [0.15, 0.2) is 0 Å². The SMILES string of the molecule is C/C(=C\[C@H](C(C)C)N(C)C(=O)[C@@H](NC(=O)C1CCCCN1C(C)C)C(C)C)C(=O)NC(C)c1ccccc1. The number of likely N-dealkylation sites (N-methyl/N-ethyl adjacent to an activating group) is 1. The summed E-state index contributed by atoms with van der Waals surface area (Å²) in [6.45, 7) is 16.9. The lowest BCUT2D eigenvalue weighted by Gasteiger charge is -2.39. The predicted octanol–water partition coefficient (Wildman–Crippen LogP) is 4.70. The number of piperidine rings is 1. The largest absolute Gasteiger partial charge is 0.346 e. The monoisotopic (exact) mass is 526 g/mol. The zero-order valence-corrected chi connectivity index (χ0v) is 25.0. The quantitative estimate of drug-likeness (QED) is 0.410. The number of nitrogens with zero attached hydrogens (tertiary/aromatic N) is 2. The van der Waals surface area contributed by atoms with Crippen molar-refractivity contribution in [3.8, 4) is 0 Å². The number of hydrogen-bond donors (Lipinski definition) is 2. The molecule has 2 rings (SSSR count).